The molecule has 0 aliphatic carbocycles. The molecule has 0 bridgehead atoms. The lowest BCUT2D eigenvalue weighted by molar-refractivity contribution is -0.117. The fraction of sp³-hybridized carbons (Fsp3) is 0.300. The Hall–Kier alpha value is -1.92. The van der Waals surface area contributed by atoms with Crippen molar-refractivity contribution < 1.29 is 9.18 Å². The van der Waals surface area contributed by atoms with Crippen molar-refractivity contribution in [3.05, 3.63) is 58.1 Å². The van der Waals surface area contributed by atoms with Gasteiger partial charge in [0, 0.05) is 23.6 Å². The Kier molecular flexibility index (Phi) is 5.94. The van der Waals surface area contributed by atoms with E-state index in [1.54, 1.807) is 23.5 Å². The Morgan fingerprint density at radius 2 is 1.96 bits per heavy atom. The van der Waals surface area contributed by atoms with E-state index in [1.165, 1.54) is 39.7 Å². The van der Waals surface area contributed by atoms with Gasteiger partial charge in [-0.05, 0) is 62.2 Å². The van der Waals surface area contributed by atoms with E-state index in [1.807, 2.05) is 0 Å². The first kappa shape index (κ1) is 18.9. The Bertz CT molecular complexity index is 1000. The second-order valence-electron chi connectivity index (χ2n) is 6.12. The van der Waals surface area contributed by atoms with Crippen molar-refractivity contribution in [3.8, 4) is 0 Å². The van der Waals surface area contributed by atoms with Crippen LogP contribution in [0.25, 0.3) is 10.2 Å². The molecule has 1 aromatic heterocycles. The van der Waals surface area contributed by atoms with Crippen molar-refractivity contribution >= 4 is 39.2 Å². The van der Waals surface area contributed by atoms with Crippen LogP contribution in [0.4, 0.5) is 4.39 Å². The standard InChI is InChI=1S/C20H21FN2OS2/c1-4-23-17-12-13(2)11-14(3)19(17)26-20(23)22-18(24)9-10-25-16-7-5-15(21)6-8-16/h5-8,11-12H,4,9-10H2,1-3H3. The van der Waals surface area contributed by atoms with Crippen molar-refractivity contribution in [2.45, 2.75) is 38.6 Å². The molecule has 0 aliphatic heterocycles. The van der Waals surface area contributed by atoms with E-state index < -0.39 is 0 Å². The van der Waals surface area contributed by atoms with Gasteiger partial charge in [0.1, 0.15) is 5.82 Å². The largest absolute Gasteiger partial charge is 0.317 e. The average Bonchev–Trinajstić information content (AvgIpc) is 2.94. The number of halogens is 1. The SMILES string of the molecule is CCn1c(=NC(=O)CCSc2ccc(F)cc2)sc2c(C)cc(C)cc21. The minimum atomic E-state index is -0.250. The summed E-state index contributed by atoms with van der Waals surface area (Å²) < 4.78 is 16.2. The molecular weight excluding hydrogens is 367 g/mol. The summed E-state index contributed by atoms with van der Waals surface area (Å²) in [5.74, 6) is 0.255. The van der Waals surface area contributed by atoms with Gasteiger partial charge >= 0.3 is 0 Å². The summed E-state index contributed by atoms with van der Waals surface area (Å²) in [5, 5.41) is 0. The number of hydrogen-bond acceptors (Lipinski definition) is 3. The summed E-state index contributed by atoms with van der Waals surface area (Å²) >= 11 is 3.11. The quantitative estimate of drug-likeness (QED) is 0.571. The first-order valence-corrected chi connectivity index (χ1v) is 10.3. The maximum atomic E-state index is 12.9. The number of fused-ring (bicyclic) bond motifs is 1. The third-order valence-corrected chi connectivity index (χ3v) is 6.29. The van der Waals surface area contributed by atoms with Crippen LogP contribution in [0.2, 0.25) is 0 Å². The van der Waals surface area contributed by atoms with Crippen LogP contribution >= 0.6 is 23.1 Å². The average molecular weight is 389 g/mol. The van der Waals surface area contributed by atoms with Gasteiger partial charge in [0.15, 0.2) is 4.80 Å². The fourth-order valence-corrected chi connectivity index (χ4v) is 4.86. The monoisotopic (exact) mass is 388 g/mol. The highest BCUT2D eigenvalue weighted by Crippen LogP contribution is 2.23. The van der Waals surface area contributed by atoms with Crippen molar-refractivity contribution in [3.63, 3.8) is 0 Å². The number of thioether (sulfide) groups is 1. The van der Waals surface area contributed by atoms with Gasteiger partial charge in [0.2, 0.25) is 5.91 Å². The Morgan fingerprint density at radius 1 is 1.23 bits per heavy atom. The summed E-state index contributed by atoms with van der Waals surface area (Å²) in [6, 6.07) is 10.6. The molecule has 26 heavy (non-hydrogen) atoms. The zero-order valence-corrected chi connectivity index (χ0v) is 16.7. The third-order valence-electron chi connectivity index (χ3n) is 4.05. The maximum Gasteiger partial charge on any atom is 0.249 e. The van der Waals surface area contributed by atoms with Crippen molar-refractivity contribution in [1.29, 1.82) is 0 Å². The number of nitrogens with zero attached hydrogens (tertiary/aromatic N) is 2. The number of aromatic nitrogens is 1. The number of benzene rings is 2. The van der Waals surface area contributed by atoms with E-state index in [9.17, 15) is 9.18 Å². The summed E-state index contributed by atoms with van der Waals surface area (Å²) in [4.78, 5) is 18.4. The third kappa shape index (κ3) is 4.24. The topological polar surface area (TPSA) is 34.4 Å². The van der Waals surface area contributed by atoms with Crippen LogP contribution in [0.15, 0.2) is 46.3 Å². The van der Waals surface area contributed by atoms with Crippen molar-refractivity contribution in [1.82, 2.24) is 4.57 Å². The van der Waals surface area contributed by atoms with Gasteiger partial charge in [0.25, 0.3) is 0 Å². The Balaban J connectivity index is 1.77. The van der Waals surface area contributed by atoms with Gasteiger partial charge < -0.3 is 4.57 Å². The molecule has 0 N–H and O–H groups in total. The lowest BCUT2D eigenvalue weighted by Gasteiger charge is -2.03. The second kappa shape index (κ2) is 8.18. The maximum absolute atomic E-state index is 12.9. The molecule has 0 radical (unpaired) electrons. The molecule has 6 heteroatoms. The summed E-state index contributed by atoms with van der Waals surface area (Å²) in [6.45, 7) is 7.02. The summed E-state index contributed by atoms with van der Waals surface area (Å²) in [6.07, 6.45) is 0.359. The predicted octanol–water partition coefficient (Wildman–Crippen LogP) is 5.09. The van der Waals surface area contributed by atoms with Crippen LogP contribution in [0, 0.1) is 19.7 Å². The zero-order valence-electron chi connectivity index (χ0n) is 15.1. The Labute approximate surface area is 160 Å². The number of hydrogen-bond donors (Lipinski definition) is 0. The van der Waals surface area contributed by atoms with Gasteiger partial charge in [-0.2, -0.15) is 4.99 Å². The molecule has 0 aliphatic rings. The summed E-state index contributed by atoms with van der Waals surface area (Å²) in [7, 11) is 0. The van der Waals surface area contributed by atoms with Crippen molar-refractivity contribution in [2.75, 3.05) is 5.75 Å². The molecule has 136 valence electrons. The lowest BCUT2D eigenvalue weighted by atomic mass is 10.1. The predicted molar refractivity (Wildman–Crippen MR) is 107 cm³/mol. The number of carbonyl (C=O) groups excluding carboxylic acids is 1. The molecule has 3 rings (SSSR count). The van der Waals surface area contributed by atoms with Crippen LogP contribution in [0.1, 0.15) is 24.5 Å². The highest BCUT2D eigenvalue weighted by atomic mass is 32.2. The molecule has 0 atom stereocenters. The molecule has 1 amide bonds. The highest BCUT2D eigenvalue weighted by Gasteiger charge is 2.09. The molecule has 2 aromatic carbocycles. The molecule has 3 aromatic rings. The van der Waals surface area contributed by atoms with Gasteiger partial charge in [-0.15, -0.1) is 11.8 Å². The second-order valence-corrected chi connectivity index (χ2v) is 8.26. The smallest absolute Gasteiger partial charge is 0.249 e. The highest BCUT2D eigenvalue weighted by molar-refractivity contribution is 7.99. The van der Waals surface area contributed by atoms with Gasteiger partial charge in [-0.3, -0.25) is 4.79 Å². The van der Waals surface area contributed by atoms with Crippen molar-refractivity contribution in [2.24, 2.45) is 4.99 Å². The molecular formula is C20H21FN2OS2. The van der Waals surface area contributed by atoms with Gasteiger partial charge in [0.05, 0.1) is 10.2 Å². The molecule has 3 nitrogen and oxygen atoms in total. The van der Waals surface area contributed by atoms with E-state index >= 15 is 0 Å². The first-order valence-electron chi connectivity index (χ1n) is 8.54. The van der Waals surface area contributed by atoms with Gasteiger partial charge in [-0.1, -0.05) is 17.4 Å². The van der Waals surface area contributed by atoms with E-state index in [-0.39, 0.29) is 11.7 Å². The normalized spacial score (nSPS) is 12.1. The van der Waals surface area contributed by atoms with Crippen LogP contribution in [0.3, 0.4) is 0 Å². The van der Waals surface area contributed by atoms with Crippen LogP contribution < -0.4 is 4.80 Å². The minimum Gasteiger partial charge on any atom is -0.317 e. The number of amides is 1. The molecule has 1 heterocycles. The lowest BCUT2D eigenvalue weighted by Crippen LogP contribution is -2.16. The number of rotatable bonds is 5. The van der Waals surface area contributed by atoms with Gasteiger partial charge in [-0.25, -0.2) is 4.39 Å². The van der Waals surface area contributed by atoms with E-state index in [4.69, 9.17) is 0 Å². The minimum absolute atomic E-state index is 0.122. The molecule has 0 saturated heterocycles. The fourth-order valence-electron chi connectivity index (χ4n) is 2.85. The van der Waals surface area contributed by atoms with Crippen LogP contribution in [-0.4, -0.2) is 16.2 Å². The first-order chi connectivity index (χ1) is 12.5. The number of carbonyl (C=O) groups is 1. The molecule has 0 fully saturated rings. The van der Waals surface area contributed by atoms with E-state index in [0.717, 1.165) is 21.8 Å². The Morgan fingerprint density at radius 3 is 2.65 bits per heavy atom. The van der Waals surface area contributed by atoms with E-state index in [0.29, 0.717) is 12.2 Å². The van der Waals surface area contributed by atoms with Crippen LogP contribution in [-0.2, 0) is 11.3 Å². The number of thiazole rings is 1. The zero-order chi connectivity index (χ0) is 18.7. The molecule has 0 unspecified atom stereocenters. The number of aryl methyl sites for hydroxylation is 3. The molecule has 0 saturated carbocycles. The van der Waals surface area contributed by atoms with E-state index in [2.05, 4.69) is 42.5 Å². The summed E-state index contributed by atoms with van der Waals surface area (Å²) in [5.41, 5.74) is 3.57. The van der Waals surface area contributed by atoms with Crippen LogP contribution in [0.5, 0.6) is 0 Å². The molecule has 0 spiro atoms.